The Labute approximate surface area is 157 Å². The molecule has 0 saturated carbocycles. The Kier molecular flexibility index (Phi) is 6.02. The Hall–Kier alpha value is -2.66. The van der Waals surface area contributed by atoms with Gasteiger partial charge in [0.1, 0.15) is 0 Å². The van der Waals surface area contributed by atoms with Gasteiger partial charge >= 0.3 is 4.87 Å². The number of anilines is 1. The van der Waals surface area contributed by atoms with E-state index in [4.69, 9.17) is 0 Å². The maximum Gasteiger partial charge on any atom is 0.307 e. The quantitative estimate of drug-likeness (QED) is 0.637. The van der Waals surface area contributed by atoms with Gasteiger partial charge in [0.05, 0.1) is 0 Å². The largest absolute Gasteiger partial charge is 0.312 e. The van der Waals surface area contributed by atoms with Crippen molar-refractivity contribution < 1.29 is 4.79 Å². The van der Waals surface area contributed by atoms with Gasteiger partial charge in [0.15, 0.2) is 0 Å². The molecule has 0 saturated heterocycles. The highest BCUT2D eigenvalue weighted by Crippen LogP contribution is 2.16. The van der Waals surface area contributed by atoms with Crippen LogP contribution in [0, 0.1) is 6.92 Å². The van der Waals surface area contributed by atoms with Crippen molar-refractivity contribution in [3.8, 4) is 0 Å². The number of nitrogens with zero attached hydrogens (tertiary/aromatic N) is 2. The van der Waals surface area contributed by atoms with Crippen molar-refractivity contribution >= 4 is 22.9 Å². The lowest BCUT2D eigenvalue weighted by molar-refractivity contribution is -0.118. The van der Waals surface area contributed by atoms with Crippen LogP contribution < -0.4 is 9.77 Å². The number of carbonyl (C=O) groups excluding carboxylic acids is 1. The summed E-state index contributed by atoms with van der Waals surface area (Å²) in [6, 6.07) is 19.9. The predicted octanol–water partition coefficient (Wildman–Crippen LogP) is 3.88. The van der Waals surface area contributed by atoms with E-state index < -0.39 is 0 Å². The van der Waals surface area contributed by atoms with Gasteiger partial charge < -0.3 is 9.47 Å². The molecule has 26 heavy (non-hydrogen) atoms. The topological polar surface area (TPSA) is 42.3 Å². The Balaban J connectivity index is 1.72. The van der Waals surface area contributed by atoms with Crippen molar-refractivity contribution in [3.63, 3.8) is 0 Å². The summed E-state index contributed by atoms with van der Waals surface area (Å²) in [5.41, 5.74) is 3.00. The molecule has 0 aliphatic carbocycles. The zero-order chi connectivity index (χ0) is 18.4. The number of benzene rings is 2. The van der Waals surface area contributed by atoms with Crippen LogP contribution in [0.1, 0.15) is 17.7 Å². The Morgan fingerprint density at radius 2 is 1.69 bits per heavy atom. The van der Waals surface area contributed by atoms with Crippen molar-refractivity contribution in [2.75, 3.05) is 11.4 Å². The smallest absolute Gasteiger partial charge is 0.307 e. The third kappa shape index (κ3) is 4.49. The van der Waals surface area contributed by atoms with Crippen molar-refractivity contribution in [1.29, 1.82) is 0 Å². The molecule has 0 aliphatic heterocycles. The molecule has 1 aromatic heterocycles. The summed E-state index contributed by atoms with van der Waals surface area (Å²) in [7, 11) is 0. The summed E-state index contributed by atoms with van der Waals surface area (Å²) in [6.07, 6.45) is 1.10. The zero-order valence-electron chi connectivity index (χ0n) is 14.8. The number of rotatable bonds is 7. The minimum absolute atomic E-state index is 0.00848. The third-order valence-electron chi connectivity index (χ3n) is 4.36. The molecule has 0 unspecified atom stereocenters. The van der Waals surface area contributed by atoms with Gasteiger partial charge in [-0.3, -0.25) is 9.59 Å². The molecule has 5 heteroatoms. The minimum atomic E-state index is -0.00848. The number of hydrogen-bond acceptors (Lipinski definition) is 3. The fourth-order valence-electron chi connectivity index (χ4n) is 2.91. The van der Waals surface area contributed by atoms with Crippen LogP contribution in [0.15, 0.2) is 70.8 Å². The van der Waals surface area contributed by atoms with Gasteiger partial charge in [0, 0.05) is 36.3 Å². The minimum Gasteiger partial charge on any atom is -0.312 e. The molecule has 1 heterocycles. The fraction of sp³-hybridized carbons (Fsp3) is 0.238. The lowest BCUT2D eigenvalue weighted by Crippen LogP contribution is -2.34. The number of amides is 1. The van der Waals surface area contributed by atoms with Crippen LogP contribution >= 0.6 is 11.3 Å². The maximum atomic E-state index is 12.9. The normalized spacial score (nSPS) is 10.7. The lowest BCUT2D eigenvalue weighted by Gasteiger charge is -2.23. The van der Waals surface area contributed by atoms with Crippen LogP contribution in [0.3, 0.4) is 0 Å². The summed E-state index contributed by atoms with van der Waals surface area (Å²) < 4.78 is 1.67. The van der Waals surface area contributed by atoms with Crippen LogP contribution in [0.4, 0.5) is 5.69 Å². The molecule has 0 spiro atoms. The first kappa shape index (κ1) is 18.1. The van der Waals surface area contributed by atoms with Crippen LogP contribution in [-0.4, -0.2) is 17.0 Å². The van der Waals surface area contributed by atoms with Crippen molar-refractivity contribution in [2.24, 2.45) is 0 Å². The number of para-hydroxylation sites is 1. The second kappa shape index (κ2) is 8.63. The molecule has 134 valence electrons. The highest BCUT2D eigenvalue weighted by Gasteiger charge is 2.16. The van der Waals surface area contributed by atoms with Crippen LogP contribution in [0.5, 0.6) is 0 Å². The standard InChI is InChI=1S/C21H22N2O2S/c1-17-16-26-21(25)22(17)15-13-20(24)23(19-10-6-3-7-11-19)14-12-18-8-4-2-5-9-18/h2-11,16H,12-15H2,1H3. The molecular formula is C21H22N2O2S. The summed E-state index contributed by atoms with van der Waals surface area (Å²) >= 11 is 1.18. The molecule has 3 aromatic rings. The zero-order valence-corrected chi connectivity index (χ0v) is 15.6. The van der Waals surface area contributed by atoms with Gasteiger partial charge in [0.25, 0.3) is 0 Å². The molecule has 3 rings (SSSR count). The summed E-state index contributed by atoms with van der Waals surface area (Å²) in [5, 5.41) is 1.83. The molecule has 0 aliphatic rings. The van der Waals surface area contributed by atoms with E-state index in [1.807, 2.05) is 65.7 Å². The van der Waals surface area contributed by atoms with Gasteiger partial charge in [-0.25, -0.2) is 0 Å². The monoisotopic (exact) mass is 366 g/mol. The van der Waals surface area contributed by atoms with E-state index >= 15 is 0 Å². The van der Waals surface area contributed by atoms with E-state index in [1.165, 1.54) is 16.9 Å². The number of hydrogen-bond donors (Lipinski definition) is 0. The summed E-state index contributed by atoms with van der Waals surface area (Å²) in [5.74, 6) is 0.0321. The summed E-state index contributed by atoms with van der Waals surface area (Å²) in [6.45, 7) is 2.93. The Bertz CT molecular complexity index is 901. The van der Waals surface area contributed by atoms with E-state index in [2.05, 4.69) is 12.1 Å². The molecular weight excluding hydrogens is 344 g/mol. The average molecular weight is 366 g/mol. The molecule has 1 amide bonds. The first-order valence-corrected chi connectivity index (χ1v) is 9.57. The van der Waals surface area contributed by atoms with E-state index in [9.17, 15) is 9.59 Å². The molecule has 0 atom stereocenters. The van der Waals surface area contributed by atoms with Crippen LogP contribution in [-0.2, 0) is 17.8 Å². The SMILES string of the molecule is Cc1csc(=O)n1CCC(=O)N(CCc1ccccc1)c1ccccc1. The fourth-order valence-corrected chi connectivity index (χ4v) is 3.67. The van der Waals surface area contributed by atoms with Crippen molar-refractivity contribution in [2.45, 2.75) is 26.3 Å². The van der Waals surface area contributed by atoms with Gasteiger partial charge in [-0.2, -0.15) is 0 Å². The highest BCUT2D eigenvalue weighted by molar-refractivity contribution is 7.07. The van der Waals surface area contributed by atoms with E-state index in [1.54, 1.807) is 4.57 Å². The molecule has 0 radical (unpaired) electrons. The van der Waals surface area contributed by atoms with Gasteiger partial charge in [-0.15, -0.1) is 0 Å². The third-order valence-corrected chi connectivity index (χ3v) is 5.24. The van der Waals surface area contributed by atoms with E-state index in [-0.39, 0.29) is 10.8 Å². The average Bonchev–Trinajstić information content (AvgIpc) is 3.00. The molecule has 4 nitrogen and oxygen atoms in total. The second-order valence-corrected chi connectivity index (χ2v) is 6.98. The Morgan fingerprint density at radius 1 is 1.04 bits per heavy atom. The molecule has 0 bridgehead atoms. The highest BCUT2D eigenvalue weighted by atomic mass is 32.1. The van der Waals surface area contributed by atoms with Gasteiger partial charge in [0.2, 0.25) is 5.91 Å². The first-order chi connectivity index (χ1) is 12.6. The van der Waals surface area contributed by atoms with Crippen LogP contribution in [0.2, 0.25) is 0 Å². The van der Waals surface area contributed by atoms with E-state index in [0.717, 1.165) is 17.8 Å². The predicted molar refractivity (Wildman–Crippen MR) is 107 cm³/mol. The van der Waals surface area contributed by atoms with E-state index in [0.29, 0.717) is 19.5 Å². The van der Waals surface area contributed by atoms with Crippen LogP contribution in [0.25, 0.3) is 0 Å². The second-order valence-electron chi connectivity index (χ2n) is 6.16. The number of aromatic nitrogens is 1. The molecule has 0 N–H and O–H groups in total. The van der Waals surface area contributed by atoms with Crippen molar-refractivity contribution in [1.82, 2.24) is 4.57 Å². The number of carbonyl (C=O) groups is 1. The maximum absolute atomic E-state index is 12.9. The van der Waals surface area contributed by atoms with Gasteiger partial charge in [-0.05, 0) is 31.0 Å². The molecule has 2 aromatic carbocycles. The molecule has 0 fully saturated rings. The van der Waals surface area contributed by atoms with Crippen molar-refractivity contribution in [3.05, 3.63) is 87.0 Å². The number of thiazole rings is 1. The number of aryl methyl sites for hydroxylation is 1. The lowest BCUT2D eigenvalue weighted by atomic mass is 10.1. The van der Waals surface area contributed by atoms with Gasteiger partial charge in [-0.1, -0.05) is 59.9 Å². The first-order valence-electron chi connectivity index (χ1n) is 8.69. The Morgan fingerprint density at radius 3 is 2.31 bits per heavy atom. The summed E-state index contributed by atoms with van der Waals surface area (Å²) in [4.78, 5) is 26.6.